The summed E-state index contributed by atoms with van der Waals surface area (Å²) in [7, 11) is 0. The van der Waals surface area contributed by atoms with Crippen LogP contribution in [0.15, 0.2) is 18.3 Å². The molecule has 0 aliphatic carbocycles. The SMILES string of the molecule is CC(C)C(CNC(=O)c1ccc(F)nc1)N1CCCC1. The van der Waals surface area contributed by atoms with E-state index in [1.54, 1.807) is 0 Å². The summed E-state index contributed by atoms with van der Waals surface area (Å²) in [6.07, 6.45) is 3.74. The predicted molar refractivity (Wildman–Crippen MR) is 76.0 cm³/mol. The summed E-state index contributed by atoms with van der Waals surface area (Å²) in [5.74, 6) is -0.277. The summed E-state index contributed by atoms with van der Waals surface area (Å²) >= 11 is 0. The van der Waals surface area contributed by atoms with Crippen LogP contribution in [-0.4, -0.2) is 41.5 Å². The van der Waals surface area contributed by atoms with E-state index in [2.05, 4.69) is 29.0 Å². The first-order valence-electron chi connectivity index (χ1n) is 7.21. The van der Waals surface area contributed by atoms with Gasteiger partial charge in [-0.05, 0) is 44.0 Å². The lowest BCUT2D eigenvalue weighted by atomic mass is 10.0. The number of nitrogens with one attached hydrogen (secondary N) is 1. The van der Waals surface area contributed by atoms with E-state index >= 15 is 0 Å². The van der Waals surface area contributed by atoms with Crippen LogP contribution in [0, 0.1) is 11.9 Å². The third-order valence-corrected chi connectivity index (χ3v) is 3.84. The molecule has 0 radical (unpaired) electrons. The second-order valence-electron chi connectivity index (χ2n) is 5.63. The van der Waals surface area contributed by atoms with E-state index in [9.17, 15) is 9.18 Å². The van der Waals surface area contributed by atoms with E-state index in [4.69, 9.17) is 0 Å². The molecule has 2 heterocycles. The first kappa shape index (κ1) is 14.9. The number of carbonyl (C=O) groups excluding carboxylic acids is 1. The van der Waals surface area contributed by atoms with Gasteiger partial charge in [-0.3, -0.25) is 9.69 Å². The normalized spacial score (nSPS) is 17.4. The fourth-order valence-electron chi connectivity index (χ4n) is 2.67. The third-order valence-electron chi connectivity index (χ3n) is 3.84. The van der Waals surface area contributed by atoms with Gasteiger partial charge in [-0.2, -0.15) is 4.39 Å². The largest absolute Gasteiger partial charge is 0.350 e. The maximum atomic E-state index is 12.7. The molecule has 1 aliphatic heterocycles. The number of likely N-dealkylation sites (tertiary alicyclic amines) is 1. The van der Waals surface area contributed by atoms with E-state index in [-0.39, 0.29) is 5.91 Å². The van der Waals surface area contributed by atoms with Gasteiger partial charge in [-0.25, -0.2) is 4.98 Å². The van der Waals surface area contributed by atoms with Gasteiger partial charge in [0.25, 0.3) is 5.91 Å². The van der Waals surface area contributed by atoms with Crippen LogP contribution in [-0.2, 0) is 0 Å². The quantitative estimate of drug-likeness (QED) is 0.839. The summed E-state index contributed by atoms with van der Waals surface area (Å²) in [5, 5.41) is 2.93. The molecule has 5 heteroatoms. The van der Waals surface area contributed by atoms with Crippen molar-refractivity contribution >= 4 is 5.91 Å². The van der Waals surface area contributed by atoms with Gasteiger partial charge in [0.1, 0.15) is 0 Å². The van der Waals surface area contributed by atoms with E-state index < -0.39 is 5.95 Å². The summed E-state index contributed by atoms with van der Waals surface area (Å²) in [5.41, 5.74) is 0.398. The van der Waals surface area contributed by atoms with Gasteiger partial charge in [0.2, 0.25) is 5.95 Å². The minimum atomic E-state index is -0.571. The number of halogens is 1. The van der Waals surface area contributed by atoms with Crippen molar-refractivity contribution in [2.45, 2.75) is 32.7 Å². The van der Waals surface area contributed by atoms with Gasteiger partial charge >= 0.3 is 0 Å². The number of rotatable bonds is 5. The highest BCUT2D eigenvalue weighted by Gasteiger charge is 2.25. The molecule has 110 valence electrons. The van der Waals surface area contributed by atoms with E-state index in [0.29, 0.717) is 24.1 Å². The third kappa shape index (κ3) is 3.76. The Hall–Kier alpha value is -1.49. The molecule has 1 fully saturated rings. The highest BCUT2D eigenvalue weighted by molar-refractivity contribution is 5.93. The van der Waals surface area contributed by atoms with Crippen LogP contribution in [0.4, 0.5) is 4.39 Å². The second kappa shape index (κ2) is 6.79. The average molecular weight is 279 g/mol. The van der Waals surface area contributed by atoms with Crippen LogP contribution in [0.25, 0.3) is 0 Å². The van der Waals surface area contributed by atoms with Gasteiger partial charge in [0.15, 0.2) is 0 Å². The minimum Gasteiger partial charge on any atom is -0.350 e. The van der Waals surface area contributed by atoms with Crippen molar-refractivity contribution in [2.75, 3.05) is 19.6 Å². The van der Waals surface area contributed by atoms with Crippen molar-refractivity contribution in [3.8, 4) is 0 Å². The molecule has 4 nitrogen and oxygen atoms in total. The average Bonchev–Trinajstić information content (AvgIpc) is 2.93. The van der Waals surface area contributed by atoms with Crippen LogP contribution >= 0.6 is 0 Å². The van der Waals surface area contributed by atoms with Gasteiger partial charge in [-0.1, -0.05) is 13.8 Å². The summed E-state index contributed by atoms with van der Waals surface area (Å²) in [6.45, 7) is 7.19. The molecule has 1 unspecified atom stereocenters. The minimum absolute atomic E-state index is 0.192. The Morgan fingerprint density at radius 1 is 1.40 bits per heavy atom. The molecule has 1 aliphatic rings. The zero-order chi connectivity index (χ0) is 14.5. The maximum Gasteiger partial charge on any atom is 0.252 e. The van der Waals surface area contributed by atoms with Crippen molar-refractivity contribution in [1.29, 1.82) is 0 Å². The zero-order valence-corrected chi connectivity index (χ0v) is 12.1. The molecule has 1 aromatic rings. The fraction of sp³-hybridized carbons (Fsp3) is 0.600. The Morgan fingerprint density at radius 2 is 2.10 bits per heavy atom. The van der Waals surface area contributed by atoms with E-state index in [1.807, 2.05) is 0 Å². The molecule has 0 saturated carbocycles. The molecule has 1 atom stereocenters. The number of aromatic nitrogens is 1. The van der Waals surface area contributed by atoms with Crippen LogP contribution < -0.4 is 5.32 Å². The van der Waals surface area contributed by atoms with Gasteiger partial charge < -0.3 is 5.32 Å². The van der Waals surface area contributed by atoms with Gasteiger partial charge in [0, 0.05) is 18.8 Å². The first-order chi connectivity index (χ1) is 9.58. The number of nitrogens with zero attached hydrogens (tertiary/aromatic N) is 2. The lowest BCUT2D eigenvalue weighted by Crippen LogP contribution is -2.45. The van der Waals surface area contributed by atoms with E-state index in [0.717, 1.165) is 13.1 Å². The number of hydrogen-bond donors (Lipinski definition) is 1. The van der Waals surface area contributed by atoms with Crippen molar-refractivity contribution < 1.29 is 9.18 Å². The molecule has 1 aromatic heterocycles. The second-order valence-corrected chi connectivity index (χ2v) is 5.63. The topological polar surface area (TPSA) is 45.2 Å². The molecule has 0 aromatic carbocycles. The van der Waals surface area contributed by atoms with Crippen LogP contribution in [0.5, 0.6) is 0 Å². The van der Waals surface area contributed by atoms with Crippen LogP contribution in [0.2, 0.25) is 0 Å². The van der Waals surface area contributed by atoms with Crippen molar-refractivity contribution in [2.24, 2.45) is 5.92 Å². The monoisotopic (exact) mass is 279 g/mol. The number of pyridine rings is 1. The standard InChI is InChI=1S/C15H22FN3O/c1-11(2)13(19-7-3-4-8-19)10-18-15(20)12-5-6-14(16)17-9-12/h5-6,9,11,13H,3-4,7-8,10H2,1-2H3,(H,18,20). The highest BCUT2D eigenvalue weighted by Crippen LogP contribution is 2.17. The van der Waals surface area contributed by atoms with Crippen molar-refractivity contribution in [1.82, 2.24) is 15.2 Å². The van der Waals surface area contributed by atoms with Gasteiger partial charge in [-0.15, -0.1) is 0 Å². The van der Waals surface area contributed by atoms with E-state index in [1.165, 1.54) is 31.2 Å². The Morgan fingerprint density at radius 3 is 2.65 bits per heavy atom. The molecular formula is C15H22FN3O. The molecular weight excluding hydrogens is 257 g/mol. The van der Waals surface area contributed by atoms with Crippen LogP contribution in [0.3, 0.4) is 0 Å². The number of amides is 1. The predicted octanol–water partition coefficient (Wildman–Crippen LogP) is 2.07. The zero-order valence-electron chi connectivity index (χ0n) is 12.1. The summed E-state index contributed by atoms with van der Waals surface area (Å²) < 4.78 is 12.7. The van der Waals surface area contributed by atoms with Gasteiger partial charge in [0.05, 0.1) is 5.56 Å². The fourth-order valence-corrected chi connectivity index (χ4v) is 2.67. The lowest BCUT2D eigenvalue weighted by molar-refractivity contribution is 0.0927. The Labute approximate surface area is 119 Å². The molecule has 1 amide bonds. The Bertz CT molecular complexity index is 441. The molecule has 1 N–H and O–H groups in total. The highest BCUT2D eigenvalue weighted by atomic mass is 19.1. The Kier molecular flexibility index (Phi) is 5.06. The smallest absolute Gasteiger partial charge is 0.252 e. The maximum absolute atomic E-state index is 12.7. The number of carbonyl (C=O) groups is 1. The van der Waals surface area contributed by atoms with Crippen molar-refractivity contribution in [3.63, 3.8) is 0 Å². The summed E-state index contributed by atoms with van der Waals surface area (Å²) in [4.78, 5) is 17.9. The molecule has 0 bridgehead atoms. The summed E-state index contributed by atoms with van der Waals surface area (Å²) in [6, 6.07) is 3.02. The molecule has 1 saturated heterocycles. The Balaban J connectivity index is 1.91. The number of hydrogen-bond acceptors (Lipinski definition) is 3. The van der Waals surface area contributed by atoms with Crippen LogP contribution in [0.1, 0.15) is 37.0 Å². The molecule has 0 spiro atoms. The first-order valence-corrected chi connectivity index (χ1v) is 7.21. The van der Waals surface area contributed by atoms with Crippen molar-refractivity contribution in [3.05, 3.63) is 29.8 Å². The molecule has 20 heavy (non-hydrogen) atoms. The molecule has 2 rings (SSSR count). The lowest BCUT2D eigenvalue weighted by Gasteiger charge is -2.31.